The van der Waals surface area contributed by atoms with Crippen LogP contribution in [0.4, 0.5) is 11.4 Å². The third kappa shape index (κ3) is 2.37. The normalized spacial score (nSPS) is 13.8. The summed E-state index contributed by atoms with van der Waals surface area (Å²) in [6, 6.07) is 11.0. The largest absolute Gasteiger partial charge is 0.477 e. The van der Waals surface area contributed by atoms with Gasteiger partial charge in [0.05, 0.1) is 24.5 Å². The third-order valence-electron chi connectivity index (χ3n) is 3.07. The van der Waals surface area contributed by atoms with E-state index in [0.29, 0.717) is 11.4 Å². The van der Waals surface area contributed by atoms with Crippen molar-refractivity contribution in [3.05, 3.63) is 46.2 Å². The summed E-state index contributed by atoms with van der Waals surface area (Å²) in [6.07, 6.45) is 0. The van der Waals surface area contributed by atoms with E-state index in [1.165, 1.54) is 11.3 Å². The number of amides is 1. The second-order valence-corrected chi connectivity index (χ2v) is 5.66. The number of para-hydroxylation sites is 2. The number of carboxylic acid groups (broad SMARTS) is 1. The summed E-state index contributed by atoms with van der Waals surface area (Å²) in [6.45, 7) is 0.805. The summed E-state index contributed by atoms with van der Waals surface area (Å²) in [5.74, 6) is -0.975. The third-order valence-corrected chi connectivity index (χ3v) is 4.13. The Morgan fingerprint density at radius 1 is 1.30 bits per heavy atom. The second-order valence-electron chi connectivity index (χ2n) is 4.49. The van der Waals surface area contributed by atoms with Crippen molar-refractivity contribution in [1.82, 2.24) is 0 Å². The second kappa shape index (κ2) is 4.97. The molecule has 1 aromatic carbocycles. The number of carbonyl (C=O) groups excluding carboxylic acids is 1. The first kappa shape index (κ1) is 12.7. The van der Waals surface area contributed by atoms with E-state index in [0.717, 1.165) is 16.3 Å². The molecule has 3 rings (SSSR count). The minimum Gasteiger partial charge on any atom is -0.477 e. The zero-order valence-electron chi connectivity index (χ0n) is 10.5. The Hall–Kier alpha value is -2.34. The molecule has 1 aliphatic heterocycles. The van der Waals surface area contributed by atoms with Crippen molar-refractivity contribution in [1.29, 1.82) is 0 Å². The maximum Gasteiger partial charge on any atom is 0.345 e. The summed E-state index contributed by atoms with van der Waals surface area (Å²) in [5, 5.41) is 11.8. The lowest BCUT2D eigenvalue weighted by Crippen LogP contribution is -2.37. The van der Waals surface area contributed by atoms with Gasteiger partial charge >= 0.3 is 5.97 Å². The zero-order chi connectivity index (χ0) is 14.1. The van der Waals surface area contributed by atoms with Crippen LogP contribution in [0.25, 0.3) is 0 Å². The summed E-state index contributed by atoms with van der Waals surface area (Å²) < 4.78 is 0. The molecular weight excluding hydrogens is 276 g/mol. The number of thiophene rings is 1. The molecule has 0 saturated heterocycles. The van der Waals surface area contributed by atoms with Crippen molar-refractivity contribution in [3.63, 3.8) is 0 Å². The molecular formula is C14H12N2O3S. The minimum atomic E-state index is -0.918. The average Bonchev–Trinajstić information content (AvgIpc) is 2.87. The highest BCUT2D eigenvalue weighted by Gasteiger charge is 2.22. The Balaban J connectivity index is 1.86. The Morgan fingerprint density at radius 3 is 2.85 bits per heavy atom. The van der Waals surface area contributed by atoms with Crippen molar-refractivity contribution in [2.45, 2.75) is 6.54 Å². The van der Waals surface area contributed by atoms with Gasteiger partial charge in [-0.05, 0) is 24.3 Å². The van der Waals surface area contributed by atoms with E-state index in [4.69, 9.17) is 5.11 Å². The molecule has 0 saturated carbocycles. The molecule has 0 spiro atoms. The highest BCUT2D eigenvalue weighted by Crippen LogP contribution is 2.31. The van der Waals surface area contributed by atoms with Gasteiger partial charge in [0, 0.05) is 4.88 Å². The number of carboxylic acids is 1. The van der Waals surface area contributed by atoms with Crippen molar-refractivity contribution in [2.75, 3.05) is 16.8 Å². The smallest absolute Gasteiger partial charge is 0.345 e. The number of anilines is 2. The maximum absolute atomic E-state index is 11.7. The Kier molecular flexibility index (Phi) is 3.15. The number of rotatable bonds is 3. The van der Waals surface area contributed by atoms with Gasteiger partial charge in [0.25, 0.3) is 0 Å². The first-order valence-corrected chi connectivity index (χ1v) is 6.91. The first-order chi connectivity index (χ1) is 9.63. The molecule has 0 atom stereocenters. The van der Waals surface area contributed by atoms with Crippen molar-refractivity contribution in [2.24, 2.45) is 0 Å². The number of hydrogen-bond donors (Lipinski definition) is 2. The molecule has 2 N–H and O–H groups in total. The molecule has 0 aliphatic carbocycles. The summed E-state index contributed by atoms with van der Waals surface area (Å²) in [4.78, 5) is 25.8. The van der Waals surface area contributed by atoms with E-state index in [9.17, 15) is 9.59 Å². The Morgan fingerprint density at radius 2 is 2.10 bits per heavy atom. The number of carbonyl (C=O) groups is 2. The fraction of sp³-hybridized carbons (Fsp3) is 0.143. The van der Waals surface area contributed by atoms with Crippen LogP contribution in [-0.2, 0) is 11.3 Å². The molecule has 5 nitrogen and oxygen atoms in total. The summed E-state index contributed by atoms with van der Waals surface area (Å²) >= 11 is 1.24. The van der Waals surface area contributed by atoms with Gasteiger partial charge in [0.15, 0.2) is 0 Å². The van der Waals surface area contributed by atoms with E-state index in [1.807, 2.05) is 29.2 Å². The molecule has 1 aromatic heterocycles. The topological polar surface area (TPSA) is 69.6 Å². The van der Waals surface area contributed by atoms with Crippen LogP contribution in [0.5, 0.6) is 0 Å². The van der Waals surface area contributed by atoms with E-state index in [-0.39, 0.29) is 12.5 Å². The van der Waals surface area contributed by atoms with Gasteiger partial charge in [-0.15, -0.1) is 11.3 Å². The molecule has 1 amide bonds. The maximum atomic E-state index is 11.7. The number of nitrogens with zero attached hydrogens (tertiary/aromatic N) is 1. The molecule has 0 bridgehead atoms. The lowest BCUT2D eigenvalue weighted by atomic mass is 10.2. The van der Waals surface area contributed by atoms with Gasteiger partial charge in [0.1, 0.15) is 4.88 Å². The molecule has 20 heavy (non-hydrogen) atoms. The predicted octanol–water partition coefficient (Wildman–Crippen LogP) is 2.41. The van der Waals surface area contributed by atoms with Crippen molar-refractivity contribution < 1.29 is 14.7 Å². The highest BCUT2D eigenvalue weighted by molar-refractivity contribution is 7.13. The Bertz CT molecular complexity index is 681. The van der Waals surface area contributed by atoms with E-state index in [1.54, 1.807) is 12.1 Å². The SMILES string of the molecule is O=C1CN(Cc2ccc(C(=O)O)s2)c2ccccc2N1. The molecule has 0 radical (unpaired) electrons. The van der Waals surface area contributed by atoms with E-state index in [2.05, 4.69) is 5.32 Å². The fourth-order valence-corrected chi connectivity index (χ4v) is 3.07. The van der Waals surface area contributed by atoms with Crippen LogP contribution in [0.15, 0.2) is 36.4 Å². The molecule has 2 heterocycles. The zero-order valence-corrected chi connectivity index (χ0v) is 11.3. The van der Waals surface area contributed by atoms with Gasteiger partial charge < -0.3 is 15.3 Å². The standard InChI is InChI=1S/C14H12N2O3S/c17-13-8-16(11-4-2-1-3-10(11)15-13)7-9-5-6-12(20-9)14(18)19/h1-6H,7-8H2,(H,15,17)(H,18,19). The molecule has 0 fully saturated rings. The molecule has 0 unspecified atom stereocenters. The van der Waals surface area contributed by atoms with Crippen LogP contribution >= 0.6 is 11.3 Å². The van der Waals surface area contributed by atoms with Gasteiger partial charge in [-0.3, -0.25) is 4.79 Å². The number of fused-ring (bicyclic) bond motifs is 1. The molecule has 102 valence electrons. The monoisotopic (exact) mass is 288 g/mol. The average molecular weight is 288 g/mol. The van der Waals surface area contributed by atoms with Gasteiger partial charge in [-0.25, -0.2) is 4.79 Å². The molecule has 1 aliphatic rings. The van der Waals surface area contributed by atoms with E-state index >= 15 is 0 Å². The lowest BCUT2D eigenvalue weighted by molar-refractivity contribution is -0.115. The van der Waals surface area contributed by atoms with Crippen molar-refractivity contribution >= 4 is 34.6 Å². The first-order valence-electron chi connectivity index (χ1n) is 6.09. The summed E-state index contributed by atoms with van der Waals surface area (Å²) in [7, 11) is 0. The van der Waals surface area contributed by atoms with Crippen LogP contribution in [0.2, 0.25) is 0 Å². The molecule has 2 aromatic rings. The van der Waals surface area contributed by atoms with Crippen molar-refractivity contribution in [3.8, 4) is 0 Å². The van der Waals surface area contributed by atoms with Crippen LogP contribution in [-0.4, -0.2) is 23.5 Å². The fourth-order valence-electron chi connectivity index (χ4n) is 2.21. The lowest BCUT2D eigenvalue weighted by Gasteiger charge is -2.30. The molecule has 6 heteroatoms. The van der Waals surface area contributed by atoms with Crippen LogP contribution < -0.4 is 10.2 Å². The van der Waals surface area contributed by atoms with Gasteiger partial charge in [-0.1, -0.05) is 12.1 Å². The number of aromatic carboxylic acids is 1. The van der Waals surface area contributed by atoms with Gasteiger partial charge in [0.2, 0.25) is 5.91 Å². The van der Waals surface area contributed by atoms with Crippen LogP contribution in [0, 0.1) is 0 Å². The minimum absolute atomic E-state index is 0.0567. The number of hydrogen-bond acceptors (Lipinski definition) is 4. The van der Waals surface area contributed by atoms with E-state index < -0.39 is 5.97 Å². The Labute approximate surface area is 119 Å². The number of benzene rings is 1. The van der Waals surface area contributed by atoms with Crippen LogP contribution in [0.3, 0.4) is 0 Å². The highest BCUT2D eigenvalue weighted by atomic mass is 32.1. The van der Waals surface area contributed by atoms with Gasteiger partial charge in [-0.2, -0.15) is 0 Å². The van der Waals surface area contributed by atoms with Crippen LogP contribution in [0.1, 0.15) is 14.5 Å². The predicted molar refractivity (Wildman–Crippen MR) is 77.4 cm³/mol. The summed E-state index contributed by atoms with van der Waals surface area (Å²) in [5.41, 5.74) is 1.75. The number of nitrogens with one attached hydrogen (secondary N) is 1. The quantitative estimate of drug-likeness (QED) is 0.910.